The number of anilines is 1. The predicted octanol–water partition coefficient (Wildman–Crippen LogP) is 7.58. The Morgan fingerprint density at radius 3 is 2.10 bits per heavy atom. The van der Waals surface area contributed by atoms with Crippen molar-refractivity contribution in [1.82, 2.24) is 15.4 Å². The molecule has 0 fully saturated rings. The van der Waals surface area contributed by atoms with Gasteiger partial charge in [-0.05, 0) is 48.0 Å². The molecule has 0 spiro atoms. The Morgan fingerprint density at radius 1 is 0.897 bits per heavy atom. The largest absolute Gasteiger partial charge is 0.417 e. The quantitative estimate of drug-likeness (QED) is 0.231. The minimum atomic E-state index is -5.36. The van der Waals surface area contributed by atoms with Gasteiger partial charge in [-0.1, -0.05) is 17.7 Å². The van der Waals surface area contributed by atoms with Gasteiger partial charge in [-0.25, -0.2) is 14.4 Å². The van der Waals surface area contributed by atoms with Gasteiger partial charge in [0.05, 0.1) is 16.7 Å². The van der Waals surface area contributed by atoms with Gasteiger partial charge in [0, 0.05) is 23.0 Å². The number of rotatable bonds is 6. The summed E-state index contributed by atoms with van der Waals surface area (Å²) in [7, 11) is 0. The maximum absolute atomic E-state index is 14.9. The fourth-order valence-corrected chi connectivity index (χ4v) is 3.49. The number of hydrogen-bond acceptors (Lipinski definition) is 4. The maximum atomic E-state index is 14.9. The number of alkyl halides is 9. The van der Waals surface area contributed by atoms with E-state index in [2.05, 4.69) is 15.4 Å². The van der Waals surface area contributed by atoms with Gasteiger partial charge >= 0.3 is 18.5 Å². The fraction of sp³-hybridized carbons (Fsp3) is 0.174. The number of allylic oxidation sites excluding steroid dienone is 1. The van der Waals surface area contributed by atoms with E-state index >= 15 is 0 Å². The molecule has 1 heterocycles. The summed E-state index contributed by atoms with van der Waals surface area (Å²) in [5.74, 6) is -6.40. The van der Waals surface area contributed by atoms with Crippen molar-refractivity contribution >= 4 is 29.3 Å². The molecule has 0 aliphatic rings. The molecule has 0 saturated heterocycles. The van der Waals surface area contributed by atoms with Crippen LogP contribution in [0.1, 0.15) is 38.5 Å². The molecule has 16 heteroatoms. The van der Waals surface area contributed by atoms with Crippen LogP contribution in [0.5, 0.6) is 0 Å². The molecule has 1 aromatic heterocycles. The van der Waals surface area contributed by atoms with Crippen LogP contribution in [-0.4, -0.2) is 22.1 Å². The first-order valence-electron chi connectivity index (χ1n) is 10.3. The van der Waals surface area contributed by atoms with Crippen LogP contribution < -0.4 is 10.9 Å². The fourth-order valence-electron chi connectivity index (χ4n) is 3.25. The molecule has 5 nitrogen and oxygen atoms in total. The topological polar surface area (TPSA) is 66.9 Å². The number of nitrogens with zero attached hydrogens (tertiary/aromatic N) is 2. The van der Waals surface area contributed by atoms with Gasteiger partial charge in [-0.15, -0.1) is 0 Å². The van der Waals surface area contributed by atoms with Crippen molar-refractivity contribution in [2.75, 3.05) is 5.43 Å². The van der Waals surface area contributed by atoms with Crippen LogP contribution in [0.15, 0.2) is 60.9 Å². The van der Waals surface area contributed by atoms with E-state index in [1.807, 2.05) is 5.43 Å². The van der Waals surface area contributed by atoms with E-state index in [4.69, 9.17) is 11.6 Å². The van der Waals surface area contributed by atoms with E-state index in [-0.39, 0.29) is 24.2 Å². The lowest BCUT2D eigenvalue weighted by atomic mass is 9.94. The summed E-state index contributed by atoms with van der Waals surface area (Å²) in [5.41, 5.74) is -2.35. The maximum Gasteiger partial charge on any atom is 0.417 e. The molecule has 2 N–H and O–H groups in total. The molecule has 208 valence electrons. The van der Waals surface area contributed by atoms with Gasteiger partial charge in [0.1, 0.15) is 11.7 Å². The third-order valence-electron chi connectivity index (χ3n) is 4.97. The van der Waals surface area contributed by atoms with E-state index in [1.54, 1.807) is 0 Å². The Hall–Kier alpha value is -3.88. The molecule has 3 rings (SSSR count). The third-order valence-corrected chi connectivity index (χ3v) is 5.19. The van der Waals surface area contributed by atoms with Crippen LogP contribution in [0.25, 0.3) is 5.83 Å². The monoisotopic (exact) mass is 586 g/mol. The molecule has 2 aromatic carbocycles. The highest BCUT2D eigenvalue weighted by atomic mass is 35.5. The van der Waals surface area contributed by atoms with Gasteiger partial charge in [-0.2, -0.15) is 39.5 Å². The highest BCUT2D eigenvalue weighted by Crippen LogP contribution is 2.42. The summed E-state index contributed by atoms with van der Waals surface area (Å²) in [6, 6.07) is 3.60. The van der Waals surface area contributed by atoms with Crippen molar-refractivity contribution in [2.45, 2.75) is 24.4 Å². The second-order valence-electron chi connectivity index (χ2n) is 7.71. The first kappa shape index (κ1) is 29.7. The molecule has 0 radical (unpaired) electrons. The first-order chi connectivity index (χ1) is 18.0. The van der Waals surface area contributed by atoms with Gasteiger partial charge in [-0.3, -0.25) is 15.6 Å². The van der Waals surface area contributed by atoms with Gasteiger partial charge in [0.15, 0.2) is 0 Å². The van der Waals surface area contributed by atoms with E-state index < -0.39 is 69.0 Å². The van der Waals surface area contributed by atoms with E-state index in [0.717, 1.165) is 0 Å². The minimum absolute atomic E-state index is 0.0896. The first-order valence-corrected chi connectivity index (χ1v) is 10.7. The number of hydrazine groups is 1. The number of benzene rings is 2. The standard InChI is InChI=1S/C23H13ClF10N4O/c24-14-7-12(6-13(9-14)21(26,27)28)16(22(29,30)31)10-18(25)11-2-3-15(17(8-11)23(32,33)34)19(39)37-38-20-35-4-1-5-36-20/h1-10,16H,(H,37,39)(H,35,36,38). The zero-order chi connectivity index (χ0) is 29.2. The number of carbonyl (C=O) groups excluding carboxylic acids is 1. The number of amides is 1. The number of nitrogens with one attached hydrogen (secondary N) is 2. The van der Waals surface area contributed by atoms with Crippen LogP contribution in [-0.2, 0) is 12.4 Å². The normalized spacial score (nSPS) is 13.7. The molecule has 0 aliphatic carbocycles. The molecule has 0 aliphatic heterocycles. The summed E-state index contributed by atoms with van der Waals surface area (Å²) in [4.78, 5) is 19.7. The smallest absolute Gasteiger partial charge is 0.267 e. The number of hydrogen-bond donors (Lipinski definition) is 2. The molecular formula is C23H13ClF10N4O. The predicted molar refractivity (Wildman–Crippen MR) is 119 cm³/mol. The molecule has 1 unspecified atom stereocenters. The van der Waals surface area contributed by atoms with Crippen molar-refractivity contribution in [2.24, 2.45) is 0 Å². The lowest BCUT2D eigenvalue weighted by Crippen LogP contribution is -2.32. The molecular weight excluding hydrogens is 574 g/mol. The van der Waals surface area contributed by atoms with Crippen LogP contribution in [0.3, 0.4) is 0 Å². The van der Waals surface area contributed by atoms with E-state index in [9.17, 15) is 48.7 Å². The van der Waals surface area contributed by atoms with Crippen molar-refractivity contribution < 1.29 is 48.7 Å². The number of aromatic nitrogens is 2. The van der Waals surface area contributed by atoms with E-state index in [1.165, 1.54) is 18.5 Å². The average molecular weight is 587 g/mol. The minimum Gasteiger partial charge on any atom is -0.267 e. The Kier molecular flexibility index (Phi) is 8.43. The molecule has 3 aromatic rings. The molecule has 1 atom stereocenters. The highest BCUT2D eigenvalue weighted by Gasteiger charge is 2.42. The Bertz CT molecular complexity index is 1370. The molecule has 0 saturated carbocycles. The Balaban J connectivity index is 2.01. The molecule has 39 heavy (non-hydrogen) atoms. The Morgan fingerprint density at radius 2 is 1.54 bits per heavy atom. The summed E-state index contributed by atoms with van der Waals surface area (Å²) >= 11 is 5.53. The lowest BCUT2D eigenvalue weighted by molar-refractivity contribution is -0.142. The second kappa shape index (κ2) is 11.1. The summed E-state index contributed by atoms with van der Waals surface area (Å²) < 4.78 is 136. The highest BCUT2D eigenvalue weighted by molar-refractivity contribution is 6.30. The van der Waals surface area contributed by atoms with E-state index in [0.29, 0.717) is 24.3 Å². The average Bonchev–Trinajstić information content (AvgIpc) is 2.83. The van der Waals surface area contributed by atoms with Crippen LogP contribution in [0, 0.1) is 0 Å². The summed E-state index contributed by atoms with van der Waals surface area (Å²) in [5, 5.41) is -0.730. The molecule has 0 bridgehead atoms. The number of halogens is 11. The van der Waals surface area contributed by atoms with Crippen molar-refractivity contribution in [3.63, 3.8) is 0 Å². The van der Waals surface area contributed by atoms with Crippen molar-refractivity contribution in [3.05, 3.63) is 93.8 Å². The van der Waals surface area contributed by atoms with Crippen molar-refractivity contribution in [3.8, 4) is 0 Å². The summed E-state index contributed by atoms with van der Waals surface area (Å²) in [6.45, 7) is 0. The number of carbonyl (C=O) groups is 1. The zero-order valence-corrected chi connectivity index (χ0v) is 19.6. The lowest BCUT2D eigenvalue weighted by Gasteiger charge is -2.20. The van der Waals surface area contributed by atoms with Crippen molar-refractivity contribution in [1.29, 1.82) is 0 Å². The SMILES string of the molecule is O=C(NNc1ncccn1)c1ccc(C(F)=CC(c2cc(Cl)cc(C(F)(F)F)c2)C(F)(F)F)cc1C(F)(F)F. The zero-order valence-electron chi connectivity index (χ0n) is 18.8. The van der Waals surface area contributed by atoms with Gasteiger partial charge in [0.25, 0.3) is 5.91 Å². The van der Waals surface area contributed by atoms with Crippen LogP contribution in [0.4, 0.5) is 49.9 Å². The van der Waals surface area contributed by atoms with Crippen LogP contribution >= 0.6 is 11.6 Å². The van der Waals surface area contributed by atoms with Gasteiger partial charge in [0.2, 0.25) is 5.95 Å². The third kappa shape index (κ3) is 7.59. The second-order valence-corrected chi connectivity index (χ2v) is 8.15. The van der Waals surface area contributed by atoms with Gasteiger partial charge < -0.3 is 0 Å². The molecule has 1 amide bonds. The summed E-state index contributed by atoms with van der Waals surface area (Å²) in [6.07, 6.45) is -13.4. The van der Waals surface area contributed by atoms with Crippen LogP contribution in [0.2, 0.25) is 5.02 Å². The Labute approximate surface area is 217 Å².